The number of cyclic esters (lactones) is 4. The molecular weight excluding hydrogens is 1190 g/mol. The first-order valence-electron chi connectivity index (χ1n) is 39.5. The Bertz CT molecular complexity index is 2530. The highest BCUT2D eigenvalue weighted by molar-refractivity contribution is 7.91. The van der Waals surface area contributed by atoms with Crippen molar-refractivity contribution in [3.8, 4) is 0 Å². The predicted octanol–water partition coefficient (Wildman–Crippen LogP) is 16.3. The van der Waals surface area contributed by atoms with Gasteiger partial charge in [-0.15, -0.1) is 0 Å². The van der Waals surface area contributed by atoms with Crippen molar-refractivity contribution in [1.82, 2.24) is 0 Å². The lowest BCUT2D eigenvalue weighted by atomic mass is 9.60. The number of sulfone groups is 1. The van der Waals surface area contributed by atoms with Crippen molar-refractivity contribution in [3.05, 3.63) is 0 Å². The van der Waals surface area contributed by atoms with Gasteiger partial charge in [0.1, 0.15) is 22.0 Å². The van der Waals surface area contributed by atoms with Gasteiger partial charge in [0.2, 0.25) is 0 Å². The zero-order chi connectivity index (χ0) is 67.6. The molecule has 532 valence electrons. The lowest BCUT2D eigenvalue weighted by Gasteiger charge is -2.42. The Hall–Kier alpha value is -3.23. The van der Waals surface area contributed by atoms with Crippen molar-refractivity contribution in [2.45, 2.75) is 270 Å². The Morgan fingerprint density at radius 1 is 0.398 bits per heavy atom. The molecule has 8 saturated heterocycles. The number of ether oxygens (including phenoxy) is 6. The predicted molar refractivity (Wildman–Crippen MR) is 363 cm³/mol. The van der Waals surface area contributed by atoms with Gasteiger partial charge < -0.3 is 28.4 Å². The molecule has 0 radical (unpaired) electrons. The van der Waals surface area contributed by atoms with Crippen molar-refractivity contribution >= 4 is 45.7 Å². The number of hydrogen-bond acceptors (Lipinski definition) is 14. The largest absolute Gasteiger partial charge is 0.466 e. The third-order valence-corrected chi connectivity index (χ3v) is 28.5. The average molecular weight is 1320 g/mol. The summed E-state index contributed by atoms with van der Waals surface area (Å²) >= 11 is 0. The molecule has 0 N–H and O–H groups in total. The first-order chi connectivity index (χ1) is 45.3. The van der Waals surface area contributed by atoms with E-state index in [0.717, 1.165) is 166 Å². The van der Waals surface area contributed by atoms with Gasteiger partial charge in [0.05, 0.1) is 67.0 Å². The summed E-state index contributed by atoms with van der Waals surface area (Å²) in [5.41, 5.74) is -0.00366. The van der Waals surface area contributed by atoms with Crippen LogP contribution in [-0.2, 0) is 67.0 Å². The zero-order valence-corrected chi connectivity index (χ0v) is 61.4. The van der Waals surface area contributed by atoms with Crippen LogP contribution >= 0.6 is 0 Å². The lowest BCUT2D eigenvalue weighted by Crippen LogP contribution is -2.42. The Morgan fingerprint density at radius 3 is 1.46 bits per heavy atom. The maximum atomic E-state index is 12.2. The third kappa shape index (κ3) is 15.2. The van der Waals surface area contributed by atoms with E-state index < -0.39 is 9.84 Å². The van der Waals surface area contributed by atoms with E-state index in [-0.39, 0.29) is 53.3 Å². The van der Waals surface area contributed by atoms with E-state index >= 15 is 0 Å². The van der Waals surface area contributed by atoms with Crippen molar-refractivity contribution in [3.63, 3.8) is 0 Å². The molecule has 25 atom stereocenters. The average Bonchev–Trinajstić information content (AvgIpc) is 1.54. The number of carbonyl (C=O) groups is 6. The molecule has 25 unspecified atom stereocenters. The standard InChI is InChI=1S/C15H20O2.C14H18O2.C10H14O2.C9H12O2.C8H10O2.C4H8O2S.C4H6O2.7C2H6/c16-14-15(3-4-17-14)7-10-6-11(15)13-9-2-1-8(5-9)12(10)13;15-14-13-9-4-8(10(13)5-16-14)11-6-1-2-7(3-6)12(9)11;11-10-8-2-6-1-7(3-8)5-9(4-6)12-10;10-9-8-6-2-1-5(3-6)7(8)4-11-9;9-8-6-2-4-1-5(6)7(3-4)10-8;5-7(6)3-1-2-4-7;5-4-2-1-3-6-4;7*1-2/h8-13H,1-7H2;6-13H,1-5H2;6-9H,1-5H2;5-8H,1-4H2;4-7H,1-3H2;1-4H2;1-3H2;7*1-2H3. The van der Waals surface area contributed by atoms with Gasteiger partial charge in [-0.1, -0.05) is 96.9 Å². The minimum atomic E-state index is -2.55. The summed E-state index contributed by atoms with van der Waals surface area (Å²) in [5.74, 6) is 19.5. The van der Waals surface area contributed by atoms with Gasteiger partial charge in [-0.25, -0.2) is 8.42 Å². The van der Waals surface area contributed by atoms with Crippen LogP contribution in [0.3, 0.4) is 0 Å². The molecule has 14 saturated carbocycles. The number of carbonyl (C=O) groups excluding carboxylic acids is 6. The van der Waals surface area contributed by atoms with Crippen LogP contribution in [0.15, 0.2) is 0 Å². The van der Waals surface area contributed by atoms with Crippen LogP contribution < -0.4 is 0 Å². The minimum Gasteiger partial charge on any atom is -0.466 e. The maximum Gasteiger partial charge on any atom is 0.312 e. The smallest absolute Gasteiger partial charge is 0.312 e. The van der Waals surface area contributed by atoms with E-state index in [4.69, 9.17) is 23.7 Å². The van der Waals surface area contributed by atoms with Crippen molar-refractivity contribution in [2.24, 2.45) is 147 Å². The molecule has 0 amide bonds. The summed E-state index contributed by atoms with van der Waals surface area (Å²) in [4.78, 5) is 67.7. The molecule has 8 aliphatic heterocycles. The van der Waals surface area contributed by atoms with E-state index in [0.29, 0.717) is 84.6 Å². The van der Waals surface area contributed by atoms with Gasteiger partial charge in [-0.3, -0.25) is 28.8 Å². The van der Waals surface area contributed by atoms with Gasteiger partial charge in [0, 0.05) is 24.2 Å². The van der Waals surface area contributed by atoms with E-state index in [1.807, 2.05) is 96.9 Å². The molecule has 22 rings (SSSR count). The molecule has 0 aromatic rings. The van der Waals surface area contributed by atoms with Crippen molar-refractivity contribution < 1.29 is 65.6 Å². The second-order valence-corrected chi connectivity index (χ2v) is 32.3. The SMILES string of the molecule is CC.CC.CC.CC.CC.CC.CC.O=C1CCCO1.O=C1OC2CC3CC(C2)CC1C3.O=C1OC2CC3CC1C2C3.O=C1OCC2C3CC(C12)C1C2CCC(C2)C31.O=C1OCC2C3CCC(C3)C12.O=C1OCCC12CC1CC2C2C3CCC(C3)C12.O=S1(=O)CCCC1. The number of esters is 6. The second kappa shape index (κ2) is 34.0. The summed E-state index contributed by atoms with van der Waals surface area (Å²) in [6, 6.07) is 0. The Morgan fingerprint density at radius 2 is 0.946 bits per heavy atom. The Balaban J connectivity index is 0.000000138. The number of fused-ring (bicyclic) bond motifs is 29. The second-order valence-electron chi connectivity index (χ2n) is 30.0. The van der Waals surface area contributed by atoms with Crippen LogP contribution in [0.25, 0.3) is 0 Å². The van der Waals surface area contributed by atoms with Crippen LogP contribution in [0.2, 0.25) is 0 Å². The molecule has 22 fully saturated rings. The third-order valence-electron chi connectivity index (χ3n) is 26.6. The van der Waals surface area contributed by atoms with Gasteiger partial charge in [-0.05, 0) is 255 Å². The molecule has 14 aliphatic carbocycles. The van der Waals surface area contributed by atoms with Crippen LogP contribution in [0.1, 0.15) is 257 Å². The van der Waals surface area contributed by atoms with Gasteiger partial charge >= 0.3 is 35.8 Å². The van der Waals surface area contributed by atoms with E-state index in [2.05, 4.69) is 4.74 Å². The summed E-state index contributed by atoms with van der Waals surface area (Å²) < 4.78 is 51.7. The summed E-state index contributed by atoms with van der Waals surface area (Å²) in [7, 11) is -2.55. The molecule has 0 aromatic carbocycles. The normalized spacial score (nSPS) is 45.3. The lowest BCUT2D eigenvalue weighted by molar-refractivity contribution is -0.152. The highest BCUT2D eigenvalue weighted by Crippen LogP contribution is 2.74. The fraction of sp³-hybridized carbons (Fsp3) is 0.923. The highest BCUT2D eigenvalue weighted by atomic mass is 32.2. The maximum absolute atomic E-state index is 12.2. The van der Waals surface area contributed by atoms with E-state index in [1.54, 1.807) is 0 Å². The molecule has 1 spiro atoms. The molecule has 14 nitrogen and oxygen atoms in total. The van der Waals surface area contributed by atoms with Crippen LogP contribution in [0.5, 0.6) is 0 Å². The summed E-state index contributed by atoms with van der Waals surface area (Å²) in [6.45, 7) is 30.8. The minimum absolute atomic E-state index is 0.00366. The fourth-order valence-corrected chi connectivity index (χ4v) is 25.7. The van der Waals surface area contributed by atoms with Gasteiger partial charge in [0.25, 0.3) is 0 Å². The summed E-state index contributed by atoms with van der Waals surface area (Å²) in [6.07, 6.45) is 31.1. The Kier molecular flexibility index (Phi) is 27.6. The molecule has 15 heteroatoms. The quantitative estimate of drug-likeness (QED) is 0.126. The van der Waals surface area contributed by atoms with Crippen molar-refractivity contribution in [1.29, 1.82) is 0 Å². The van der Waals surface area contributed by atoms with Crippen LogP contribution in [0.4, 0.5) is 0 Å². The summed E-state index contributed by atoms with van der Waals surface area (Å²) in [5, 5.41) is 0. The topological polar surface area (TPSA) is 192 Å². The number of rotatable bonds is 0. The molecule has 0 aromatic heterocycles. The molecule has 8 heterocycles. The Labute approximate surface area is 563 Å². The van der Waals surface area contributed by atoms with Crippen LogP contribution in [0, 0.1) is 147 Å². The van der Waals surface area contributed by atoms with E-state index in [1.165, 1.54) is 89.9 Å². The van der Waals surface area contributed by atoms with Crippen molar-refractivity contribution in [2.75, 3.05) is 37.9 Å². The van der Waals surface area contributed by atoms with Gasteiger partial charge in [-0.2, -0.15) is 0 Å². The molecular formula is C78H130O14S. The fourth-order valence-electron chi connectivity index (χ4n) is 24.2. The zero-order valence-electron chi connectivity index (χ0n) is 60.6. The first kappa shape index (κ1) is 75.5. The first-order valence-corrected chi connectivity index (χ1v) is 41.4. The molecule has 22 aliphatic rings. The monoisotopic (exact) mass is 1320 g/mol. The van der Waals surface area contributed by atoms with Gasteiger partial charge in [0.15, 0.2) is 0 Å². The van der Waals surface area contributed by atoms with Crippen LogP contribution in [-0.4, -0.2) is 94.4 Å². The number of hydrogen-bond donors (Lipinski definition) is 0. The van der Waals surface area contributed by atoms with E-state index in [9.17, 15) is 37.2 Å². The highest BCUT2D eigenvalue weighted by Gasteiger charge is 2.71. The molecule has 16 bridgehead atoms. The molecule has 93 heavy (non-hydrogen) atoms.